The second-order valence-corrected chi connectivity index (χ2v) is 6.83. The molecule has 2 rings (SSSR count). The van der Waals surface area contributed by atoms with E-state index < -0.39 is 0 Å². The number of hydrogen-bond acceptors (Lipinski definition) is 4. The molecule has 1 aliphatic heterocycles. The van der Waals surface area contributed by atoms with E-state index in [9.17, 15) is 9.90 Å². The molecule has 0 aliphatic carbocycles. The Hall–Kier alpha value is -2.28. The van der Waals surface area contributed by atoms with Crippen molar-refractivity contribution in [3.8, 4) is 5.75 Å². The van der Waals surface area contributed by atoms with E-state index in [2.05, 4.69) is 25.8 Å². The molecule has 1 fully saturated rings. The fourth-order valence-electron chi connectivity index (χ4n) is 3.11. The van der Waals surface area contributed by atoms with Crippen molar-refractivity contribution in [2.75, 3.05) is 44.6 Å². The van der Waals surface area contributed by atoms with Crippen molar-refractivity contribution in [1.29, 1.82) is 0 Å². The number of benzene rings is 1. The number of nitrogens with one attached hydrogen (secondary N) is 3. The van der Waals surface area contributed by atoms with Gasteiger partial charge in [0.25, 0.3) is 0 Å². The Labute approximate surface area is 162 Å². The van der Waals surface area contributed by atoms with Gasteiger partial charge < -0.3 is 26.0 Å². The molecule has 150 valence electrons. The lowest BCUT2D eigenvalue weighted by Crippen LogP contribution is -2.39. The Kier molecular flexibility index (Phi) is 9.48. The Morgan fingerprint density at radius 2 is 1.81 bits per heavy atom. The maximum Gasteiger partial charge on any atom is 0.246 e. The van der Waals surface area contributed by atoms with Gasteiger partial charge in [0.15, 0.2) is 5.96 Å². The fraction of sp³-hybridized carbons (Fsp3) is 0.600. The summed E-state index contributed by atoms with van der Waals surface area (Å²) in [6.07, 6.45) is 6.40. The van der Waals surface area contributed by atoms with Gasteiger partial charge in [0.1, 0.15) is 12.3 Å². The van der Waals surface area contributed by atoms with Crippen molar-refractivity contribution < 1.29 is 9.90 Å². The molecule has 1 saturated heterocycles. The van der Waals surface area contributed by atoms with Gasteiger partial charge >= 0.3 is 0 Å². The Morgan fingerprint density at radius 3 is 2.48 bits per heavy atom. The SMILES string of the molecule is CCNC(=NCC(=O)Nc1ccc(O)cc1)NCCCN1CCCCCC1. The van der Waals surface area contributed by atoms with Crippen molar-refractivity contribution in [3.05, 3.63) is 24.3 Å². The summed E-state index contributed by atoms with van der Waals surface area (Å²) in [6.45, 7) is 7.16. The molecule has 0 atom stereocenters. The van der Waals surface area contributed by atoms with Crippen LogP contribution in [-0.4, -0.2) is 61.1 Å². The first kappa shape index (κ1) is 21.0. The standard InChI is InChI=1S/C20H33N5O2/c1-2-21-20(22-12-7-15-25-13-5-3-4-6-14-25)23-16-19(27)24-17-8-10-18(26)11-9-17/h8-11,26H,2-7,12-16H2,1H3,(H,24,27)(H2,21,22,23). The largest absolute Gasteiger partial charge is 0.508 e. The van der Waals surface area contributed by atoms with Crippen LogP contribution in [0.3, 0.4) is 0 Å². The van der Waals surface area contributed by atoms with E-state index in [1.165, 1.54) is 50.9 Å². The minimum Gasteiger partial charge on any atom is -0.508 e. The normalized spacial score (nSPS) is 15.8. The van der Waals surface area contributed by atoms with Crippen molar-refractivity contribution in [1.82, 2.24) is 15.5 Å². The molecule has 1 aromatic carbocycles. The first-order valence-corrected chi connectivity index (χ1v) is 10.0. The maximum absolute atomic E-state index is 12.0. The molecule has 0 aromatic heterocycles. The van der Waals surface area contributed by atoms with Crippen LogP contribution in [0.2, 0.25) is 0 Å². The third-order valence-electron chi connectivity index (χ3n) is 4.52. The van der Waals surface area contributed by atoms with Crippen LogP contribution in [0.4, 0.5) is 5.69 Å². The predicted octanol–water partition coefficient (Wildman–Crippen LogP) is 2.15. The highest BCUT2D eigenvalue weighted by Crippen LogP contribution is 2.13. The molecule has 0 bridgehead atoms. The summed E-state index contributed by atoms with van der Waals surface area (Å²) in [4.78, 5) is 18.9. The predicted molar refractivity (Wildman–Crippen MR) is 110 cm³/mol. The highest BCUT2D eigenvalue weighted by atomic mass is 16.3. The van der Waals surface area contributed by atoms with E-state index in [0.717, 1.165) is 26.1 Å². The minimum atomic E-state index is -0.192. The Bertz CT molecular complexity index is 581. The summed E-state index contributed by atoms with van der Waals surface area (Å²) in [5.41, 5.74) is 0.642. The number of phenolic OH excluding ortho intramolecular Hbond substituents is 1. The summed E-state index contributed by atoms with van der Waals surface area (Å²) >= 11 is 0. The van der Waals surface area contributed by atoms with Crippen LogP contribution in [0.1, 0.15) is 39.0 Å². The lowest BCUT2D eigenvalue weighted by molar-refractivity contribution is -0.114. The summed E-state index contributed by atoms with van der Waals surface area (Å²) in [6, 6.07) is 6.39. The smallest absolute Gasteiger partial charge is 0.246 e. The number of nitrogens with zero attached hydrogens (tertiary/aromatic N) is 2. The van der Waals surface area contributed by atoms with Crippen molar-refractivity contribution in [2.45, 2.75) is 39.0 Å². The van der Waals surface area contributed by atoms with Gasteiger partial charge in [-0.3, -0.25) is 4.79 Å². The topological polar surface area (TPSA) is 89.0 Å². The number of guanidine groups is 1. The molecule has 1 amide bonds. The van der Waals surface area contributed by atoms with Gasteiger partial charge in [0.2, 0.25) is 5.91 Å². The highest BCUT2D eigenvalue weighted by molar-refractivity contribution is 5.94. The van der Waals surface area contributed by atoms with Crippen LogP contribution >= 0.6 is 0 Å². The summed E-state index contributed by atoms with van der Waals surface area (Å²) < 4.78 is 0. The van der Waals surface area contributed by atoms with Gasteiger partial charge in [0.05, 0.1) is 0 Å². The Morgan fingerprint density at radius 1 is 1.11 bits per heavy atom. The zero-order valence-corrected chi connectivity index (χ0v) is 16.3. The van der Waals surface area contributed by atoms with E-state index in [-0.39, 0.29) is 18.2 Å². The fourth-order valence-corrected chi connectivity index (χ4v) is 3.11. The number of aromatic hydroxyl groups is 1. The molecule has 1 aromatic rings. The number of carbonyl (C=O) groups is 1. The molecule has 7 nitrogen and oxygen atoms in total. The monoisotopic (exact) mass is 375 g/mol. The molecular formula is C20H33N5O2. The molecule has 27 heavy (non-hydrogen) atoms. The molecule has 0 unspecified atom stereocenters. The molecule has 0 spiro atoms. The van der Waals surface area contributed by atoms with Gasteiger partial charge in [-0.2, -0.15) is 0 Å². The number of aliphatic imine (C=N–C) groups is 1. The number of phenols is 1. The van der Waals surface area contributed by atoms with Crippen LogP contribution in [0.5, 0.6) is 5.75 Å². The van der Waals surface area contributed by atoms with Gasteiger partial charge in [-0.15, -0.1) is 0 Å². The van der Waals surface area contributed by atoms with Gasteiger partial charge in [0, 0.05) is 18.8 Å². The maximum atomic E-state index is 12.0. The van der Waals surface area contributed by atoms with Gasteiger partial charge in [-0.25, -0.2) is 4.99 Å². The van der Waals surface area contributed by atoms with Crippen LogP contribution < -0.4 is 16.0 Å². The quantitative estimate of drug-likeness (QED) is 0.242. The van der Waals surface area contributed by atoms with E-state index in [1.807, 2.05) is 6.92 Å². The molecule has 0 saturated carbocycles. The van der Waals surface area contributed by atoms with Crippen LogP contribution in [0, 0.1) is 0 Å². The third kappa shape index (κ3) is 8.77. The zero-order valence-electron chi connectivity index (χ0n) is 16.3. The summed E-state index contributed by atoms with van der Waals surface area (Å²) in [5.74, 6) is 0.640. The van der Waals surface area contributed by atoms with Gasteiger partial charge in [-0.1, -0.05) is 12.8 Å². The van der Waals surface area contributed by atoms with E-state index >= 15 is 0 Å². The number of amides is 1. The number of hydrogen-bond donors (Lipinski definition) is 4. The summed E-state index contributed by atoms with van der Waals surface area (Å²) in [5, 5.41) is 18.5. The molecule has 4 N–H and O–H groups in total. The van der Waals surface area contributed by atoms with E-state index in [0.29, 0.717) is 11.6 Å². The van der Waals surface area contributed by atoms with E-state index in [1.54, 1.807) is 12.1 Å². The average Bonchev–Trinajstić information content (AvgIpc) is 2.94. The second-order valence-electron chi connectivity index (χ2n) is 6.83. The van der Waals surface area contributed by atoms with E-state index in [4.69, 9.17) is 0 Å². The lowest BCUT2D eigenvalue weighted by atomic mass is 10.2. The molecule has 0 radical (unpaired) electrons. The van der Waals surface area contributed by atoms with Crippen LogP contribution in [0.15, 0.2) is 29.3 Å². The molecule has 1 aliphatic rings. The lowest BCUT2D eigenvalue weighted by Gasteiger charge is -2.20. The Balaban J connectivity index is 1.70. The average molecular weight is 376 g/mol. The zero-order chi connectivity index (χ0) is 19.3. The minimum absolute atomic E-state index is 0.0440. The second kappa shape index (κ2) is 12.2. The molecular weight excluding hydrogens is 342 g/mol. The number of anilines is 1. The van der Waals surface area contributed by atoms with Crippen molar-refractivity contribution in [3.63, 3.8) is 0 Å². The summed E-state index contributed by atoms with van der Waals surface area (Å²) in [7, 11) is 0. The van der Waals surface area contributed by atoms with Crippen molar-refractivity contribution in [2.24, 2.45) is 4.99 Å². The first-order valence-electron chi connectivity index (χ1n) is 10.0. The van der Waals surface area contributed by atoms with Crippen LogP contribution in [0.25, 0.3) is 0 Å². The van der Waals surface area contributed by atoms with Crippen molar-refractivity contribution >= 4 is 17.6 Å². The number of rotatable bonds is 8. The van der Waals surface area contributed by atoms with Gasteiger partial charge in [-0.05, 0) is 70.1 Å². The van der Waals surface area contributed by atoms with Crippen LogP contribution in [-0.2, 0) is 4.79 Å². The third-order valence-corrected chi connectivity index (χ3v) is 4.52. The first-order chi connectivity index (χ1) is 13.2. The molecule has 7 heteroatoms. The number of carbonyl (C=O) groups excluding carboxylic acids is 1. The highest BCUT2D eigenvalue weighted by Gasteiger charge is 2.08. The molecule has 1 heterocycles. The number of likely N-dealkylation sites (tertiary alicyclic amines) is 1.